The molecule has 0 spiro atoms. The summed E-state index contributed by atoms with van der Waals surface area (Å²) in [5.74, 6) is 0. The minimum absolute atomic E-state index is 0.194. The normalized spacial score (nSPS) is 14.1. The van der Waals surface area contributed by atoms with Gasteiger partial charge in [0.1, 0.15) is 0 Å². The Kier molecular flexibility index (Phi) is 4.87. The van der Waals surface area contributed by atoms with Crippen molar-refractivity contribution in [2.75, 3.05) is 0 Å². The molecule has 0 amide bonds. The summed E-state index contributed by atoms with van der Waals surface area (Å²) in [6.07, 6.45) is 0. The van der Waals surface area contributed by atoms with Crippen LogP contribution >= 0.6 is 23.2 Å². The van der Waals surface area contributed by atoms with E-state index in [1.54, 1.807) is 0 Å². The van der Waals surface area contributed by atoms with Gasteiger partial charge in [0.2, 0.25) is 0 Å². The maximum Gasteiger partial charge on any atom is 0.0453 e. The van der Waals surface area contributed by atoms with E-state index in [9.17, 15) is 0 Å². The first-order valence-electron chi connectivity index (χ1n) is 6.34. The van der Waals surface area contributed by atoms with Gasteiger partial charge in [0, 0.05) is 22.1 Å². The smallest absolute Gasteiger partial charge is 0.0453 e. The summed E-state index contributed by atoms with van der Waals surface area (Å²) in [5.41, 5.74) is 2.33. The lowest BCUT2D eigenvalue weighted by Crippen LogP contribution is -2.22. The van der Waals surface area contributed by atoms with E-state index in [0.717, 1.165) is 15.6 Å². The molecular formula is C16H17Cl2N. The molecule has 2 rings (SSSR count). The lowest BCUT2D eigenvalue weighted by atomic mass is 10.0. The molecule has 0 aliphatic heterocycles. The van der Waals surface area contributed by atoms with Crippen LogP contribution < -0.4 is 5.32 Å². The zero-order valence-corrected chi connectivity index (χ0v) is 12.5. The van der Waals surface area contributed by atoms with E-state index in [1.165, 1.54) is 5.56 Å². The summed E-state index contributed by atoms with van der Waals surface area (Å²) in [5, 5.41) is 5.10. The van der Waals surface area contributed by atoms with Gasteiger partial charge >= 0.3 is 0 Å². The second-order valence-corrected chi connectivity index (χ2v) is 5.53. The summed E-state index contributed by atoms with van der Waals surface area (Å²) < 4.78 is 0. The van der Waals surface area contributed by atoms with Crippen molar-refractivity contribution in [2.24, 2.45) is 0 Å². The number of rotatable bonds is 4. The van der Waals surface area contributed by atoms with Crippen LogP contribution in [0.25, 0.3) is 0 Å². The van der Waals surface area contributed by atoms with Crippen LogP contribution in [0.4, 0.5) is 0 Å². The van der Waals surface area contributed by atoms with E-state index in [2.05, 4.69) is 25.2 Å². The first-order valence-corrected chi connectivity index (χ1v) is 7.09. The highest BCUT2D eigenvalue weighted by Gasteiger charge is 2.13. The molecule has 0 saturated carbocycles. The molecule has 2 aromatic carbocycles. The topological polar surface area (TPSA) is 12.0 Å². The van der Waals surface area contributed by atoms with E-state index in [4.69, 9.17) is 23.2 Å². The fourth-order valence-electron chi connectivity index (χ4n) is 2.14. The van der Waals surface area contributed by atoms with Crippen LogP contribution in [0.3, 0.4) is 0 Å². The Bertz CT molecular complexity index is 537. The molecule has 0 radical (unpaired) electrons. The zero-order chi connectivity index (χ0) is 13.8. The summed E-state index contributed by atoms with van der Waals surface area (Å²) in [7, 11) is 0. The fraction of sp³-hybridized carbons (Fsp3) is 0.250. The number of benzene rings is 2. The van der Waals surface area contributed by atoms with Crippen molar-refractivity contribution < 1.29 is 0 Å². The number of nitrogens with one attached hydrogen (secondary N) is 1. The van der Waals surface area contributed by atoms with Crippen LogP contribution in [0.1, 0.15) is 37.1 Å². The minimum atomic E-state index is 0.194. The van der Waals surface area contributed by atoms with E-state index >= 15 is 0 Å². The third-order valence-electron chi connectivity index (χ3n) is 3.24. The molecule has 0 heterocycles. The average Bonchev–Trinajstić information content (AvgIpc) is 2.39. The highest BCUT2D eigenvalue weighted by molar-refractivity contribution is 6.31. The van der Waals surface area contributed by atoms with Gasteiger partial charge in [0.05, 0.1) is 0 Å². The Labute approximate surface area is 124 Å². The van der Waals surface area contributed by atoms with Crippen LogP contribution in [0.5, 0.6) is 0 Å². The van der Waals surface area contributed by atoms with E-state index in [0.29, 0.717) is 0 Å². The first-order chi connectivity index (χ1) is 9.08. The molecule has 19 heavy (non-hydrogen) atoms. The fourth-order valence-corrected chi connectivity index (χ4v) is 2.56. The highest BCUT2D eigenvalue weighted by atomic mass is 35.5. The van der Waals surface area contributed by atoms with Gasteiger partial charge < -0.3 is 5.32 Å². The molecule has 2 atom stereocenters. The lowest BCUT2D eigenvalue weighted by Gasteiger charge is -2.21. The average molecular weight is 294 g/mol. The van der Waals surface area contributed by atoms with Gasteiger partial charge in [-0.2, -0.15) is 0 Å². The van der Waals surface area contributed by atoms with Crippen LogP contribution in [-0.2, 0) is 0 Å². The molecule has 1 unspecified atom stereocenters. The molecule has 0 aliphatic carbocycles. The number of hydrogen-bond donors (Lipinski definition) is 1. The van der Waals surface area contributed by atoms with Crippen LogP contribution in [0.2, 0.25) is 10.0 Å². The van der Waals surface area contributed by atoms with Crippen LogP contribution in [-0.4, -0.2) is 0 Å². The van der Waals surface area contributed by atoms with Gasteiger partial charge in [0.15, 0.2) is 0 Å². The molecule has 2 aromatic rings. The van der Waals surface area contributed by atoms with Crippen LogP contribution in [0.15, 0.2) is 48.5 Å². The van der Waals surface area contributed by atoms with Gasteiger partial charge in [-0.25, -0.2) is 0 Å². The molecule has 0 aromatic heterocycles. The molecule has 1 N–H and O–H groups in total. The van der Waals surface area contributed by atoms with E-state index in [1.807, 2.05) is 42.5 Å². The Morgan fingerprint density at radius 2 is 1.47 bits per heavy atom. The van der Waals surface area contributed by atoms with Crippen molar-refractivity contribution >= 4 is 23.2 Å². The predicted molar refractivity (Wildman–Crippen MR) is 82.9 cm³/mol. The molecule has 0 aliphatic rings. The lowest BCUT2D eigenvalue weighted by molar-refractivity contribution is 0.495. The van der Waals surface area contributed by atoms with Gasteiger partial charge in [-0.05, 0) is 43.2 Å². The quantitative estimate of drug-likeness (QED) is 0.795. The first kappa shape index (κ1) is 14.4. The molecule has 3 heteroatoms. The Hall–Kier alpha value is -1.02. The highest BCUT2D eigenvalue weighted by Crippen LogP contribution is 2.25. The zero-order valence-electron chi connectivity index (χ0n) is 11.0. The SMILES string of the molecule is CC(N[C@@H](C)c1ccc(Cl)cc1)c1ccccc1Cl. The standard InChI is InChI=1S/C16H17Cl2N/c1-11(13-7-9-14(17)10-8-13)19-12(2)15-5-3-4-6-16(15)18/h3-12,19H,1-2H3/t11-,12?/m0/s1. The Morgan fingerprint density at radius 3 is 2.11 bits per heavy atom. The minimum Gasteiger partial charge on any atom is -0.304 e. The van der Waals surface area contributed by atoms with Gasteiger partial charge in [0.25, 0.3) is 0 Å². The molecule has 1 nitrogen and oxygen atoms in total. The summed E-state index contributed by atoms with van der Waals surface area (Å²) in [6, 6.07) is 16.3. The van der Waals surface area contributed by atoms with Crippen molar-refractivity contribution in [2.45, 2.75) is 25.9 Å². The van der Waals surface area contributed by atoms with Crippen molar-refractivity contribution in [1.82, 2.24) is 5.32 Å². The van der Waals surface area contributed by atoms with E-state index < -0.39 is 0 Å². The van der Waals surface area contributed by atoms with Crippen molar-refractivity contribution in [3.63, 3.8) is 0 Å². The van der Waals surface area contributed by atoms with Gasteiger partial charge in [-0.15, -0.1) is 0 Å². The molecule has 100 valence electrons. The number of hydrogen-bond acceptors (Lipinski definition) is 1. The second kappa shape index (κ2) is 6.42. The maximum absolute atomic E-state index is 6.21. The van der Waals surface area contributed by atoms with Gasteiger partial charge in [-0.1, -0.05) is 53.5 Å². The Morgan fingerprint density at radius 1 is 0.842 bits per heavy atom. The second-order valence-electron chi connectivity index (χ2n) is 4.68. The predicted octanol–water partition coefficient (Wildman–Crippen LogP) is 5.41. The van der Waals surface area contributed by atoms with Crippen LogP contribution in [0, 0.1) is 0 Å². The van der Waals surface area contributed by atoms with E-state index in [-0.39, 0.29) is 12.1 Å². The van der Waals surface area contributed by atoms with Crippen molar-refractivity contribution in [3.8, 4) is 0 Å². The third-order valence-corrected chi connectivity index (χ3v) is 3.84. The molecular weight excluding hydrogens is 277 g/mol. The summed E-state index contributed by atoms with van der Waals surface area (Å²) in [4.78, 5) is 0. The number of halogens is 2. The van der Waals surface area contributed by atoms with Crippen molar-refractivity contribution in [3.05, 3.63) is 69.7 Å². The summed E-state index contributed by atoms with van der Waals surface area (Å²) in [6.45, 7) is 4.25. The third kappa shape index (κ3) is 3.73. The largest absolute Gasteiger partial charge is 0.304 e. The monoisotopic (exact) mass is 293 g/mol. The summed E-state index contributed by atoms with van der Waals surface area (Å²) >= 11 is 12.1. The maximum atomic E-state index is 6.21. The molecule has 0 fully saturated rings. The van der Waals surface area contributed by atoms with Gasteiger partial charge in [-0.3, -0.25) is 0 Å². The van der Waals surface area contributed by atoms with Crippen molar-refractivity contribution in [1.29, 1.82) is 0 Å². The molecule has 0 saturated heterocycles. The molecule has 0 bridgehead atoms. The Balaban J connectivity index is 2.08.